The van der Waals surface area contributed by atoms with E-state index in [1.54, 1.807) is 30.6 Å². The standard InChI is InChI=1S/C19H17N5O/c25-19(17-7-2-4-11-21-17)24-15-9-5-8-14-13(15)12-22-18(23-14)16-6-1-3-10-20-16/h1-4,6-7,10-12,15H,5,8-9H2,(H,24,25)/t15-/m0/s1. The number of carbonyl (C=O) groups is 1. The van der Waals surface area contributed by atoms with E-state index in [0.29, 0.717) is 11.5 Å². The van der Waals surface area contributed by atoms with Crippen LogP contribution in [-0.4, -0.2) is 25.8 Å². The second kappa shape index (κ2) is 6.76. The maximum absolute atomic E-state index is 12.4. The summed E-state index contributed by atoms with van der Waals surface area (Å²) < 4.78 is 0. The van der Waals surface area contributed by atoms with E-state index in [-0.39, 0.29) is 11.9 Å². The van der Waals surface area contributed by atoms with E-state index >= 15 is 0 Å². The average molecular weight is 331 g/mol. The van der Waals surface area contributed by atoms with Crippen molar-refractivity contribution in [1.29, 1.82) is 0 Å². The summed E-state index contributed by atoms with van der Waals surface area (Å²) in [6, 6.07) is 10.9. The van der Waals surface area contributed by atoms with Crippen molar-refractivity contribution in [1.82, 2.24) is 25.3 Å². The Morgan fingerprint density at radius 1 is 1.04 bits per heavy atom. The lowest BCUT2D eigenvalue weighted by atomic mass is 9.92. The molecule has 0 spiro atoms. The molecule has 0 saturated heterocycles. The SMILES string of the molecule is O=C(N[C@H]1CCCc2nc(-c3ccccn3)ncc21)c1ccccn1. The zero-order valence-electron chi connectivity index (χ0n) is 13.6. The van der Waals surface area contributed by atoms with Crippen molar-refractivity contribution in [2.75, 3.05) is 0 Å². The van der Waals surface area contributed by atoms with Crippen LogP contribution in [0.1, 0.15) is 40.6 Å². The van der Waals surface area contributed by atoms with Crippen molar-refractivity contribution >= 4 is 5.91 Å². The first-order valence-corrected chi connectivity index (χ1v) is 8.30. The van der Waals surface area contributed by atoms with Crippen LogP contribution < -0.4 is 5.32 Å². The molecule has 1 aliphatic rings. The molecule has 6 nitrogen and oxygen atoms in total. The molecular weight excluding hydrogens is 314 g/mol. The summed E-state index contributed by atoms with van der Waals surface area (Å²) in [4.78, 5) is 29.9. The molecule has 0 bridgehead atoms. The molecule has 0 saturated carbocycles. The lowest BCUT2D eigenvalue weighted by Gasteiger charge is -2.25. The highest BCUT2D eigenvalue weighted by molar-refractivity contribution is 5.92. The Bertz CT molecular complexity index is 883. The molecule has 1 atom stereocenters. The van der Waals surface area contributed by atoms with Gasteiger partial charge in [-0.1, -0.05) is 12.1 Å². The second-order valence-electron chi connectivity index (χ2n) is 5.94. The number of nitrogens with one attached hydrogen (secondary N) is 1. The largest absolute Gasteiger partial charge is 0.344 e. The quantitative estimate of drug-likeness (QED) is 0.798. The van der Waals surface area contributed by atoms with E-state index in [1.165, 1.54) is 0 Å². The van der Waals surface area contributed by atoms with Gasteiger partial charge < -0.3 is 5.32 Å². The minimum absolute atomic E-state index is 0.0870. The van der Waals surface area contributed by atoms with E-state index in [4.69, 9.17) is 0 Å². The summed E-state index contributed by atoms with van der Waals surface area (Å²) in [6.45, 7) is 0. The molecule has 4 rings (SSSR count). The Labute approximate surface area is 145 Å². The van der Waals surface area contributed by atoms with Crippen molar-refractivity contribution in [2.24, 2.45) is 0 Å². The Balaban J connectivity index is 1.59. The van der Waals surface area contributed by atoms with Gasteiger partial charge in [0.25, 0.3) is 5.91 Å². The number of carbonyl (C=O) groups excluding carboxylic acids is 1. The van der Waals surface area contributed by atoms with Gasteiger partial charge in [0.1, 0.15) is 11.4 Å². The van der Waals surface area contributed by atoms with Gasteiger partial charge in [-0.05, 0) is 43.5 Å². The first kappa shape index (κ1) is 15.4. The molecule has 25 heavy (non-hydrogen) atoms. The second-order valence-corrected chi connectivity index (χ2v) is 5.94. The number of amides is 1. The van der Waals surface area contributed by atoms with Crippen LogP contribution in [0.25, 0.3) is 11.5 Å². The number of hydrogen-bond acceptors (Lipinski definition) is 5. The van der Waals surface area contributed by atoms with Crippen molar-refractivity contribution in [3.05, 3.63) is 71.9 Å². The predicted molar refractivity (Wildman–Crippen MR) is 92.6 cm³/mol. The zero-order valence-corrected chi connectivity index (χ0v) is 13.6. The normalized spacial score (nSPS) is 16.1. The fraction of sp³-hybridized carbons (Fsp3) is 0.211. The average Bonchev–Trinajstić information content (AvgIpc) is 2.69. The number of hydrogen-bond donors (Lipinski definition) is 1. The van der Waals surface area contributed by atoms with Crippen LogP contribution >= 0.6 is 0 Å². The summed E-state index contributed by atoms with van der Waals surface area (Å²) in [7, 11) is 0. The van der Waals surface area contributed by atoms with Gasteiger partial charge in [0.05, 0.1) is 6.04 Å². The van der Waals surface area contributed by atoms with Crippen LogP contribution in [0.5, 0.6) is 0 Å². The first-order valence-electron chi connectivity index (χ1n) is 8.30. The molecule has 0 aromatic carbocycles. The van der Waals surface area contributed by atoms with Gasteiger partial charge in [0.15, 0.2) is 5.82 Å². The summed E-state index contributed by atoms with van der Waals surface area (Å²) in [5.74, 6) is 0.448. The topological polar surface area (TPSA) is 80.7 Å². The molecule has 3 heterocycles. The smallest absolute Gasteiger partial charge is 0.270 e. The minimum Gasteiger partial charge on any atom is -0.344 e. The number of rotatable bonds is 3. The maximum atomic E-state index is 12.4. The molecule has 124 valence electrons. The maximum Gasteiger partial charge on any atom is 0.270 e. The van der Waals surface area contributed by atoms with Gasteiger partial charge in [-0.2, -0.15) is 0 Å². The zero-order chi connectivity index (χ0) is 17.1. The summed E-state index contributed by atoms with van der Waals surface area (Å²) >= 11 is 0. The van der Waals surface area contributed by atoms with Gasteiger partial charge in [-0.3, -0.25) is 14.8 Å². The van der Waals surface area contributed by atoms with E-state index < -0.39 is 0 Å². The van der Waals surface area contributed by atoms with Crippen LogP contribution in [0.3, 0.4) is 0 Å². The highest BCUT2D eigenvalue weighted by Crippen LogP contribution is 2.29. The van der Waals surface area contributed by atoms with E-state index in [0.717, 1.165) is 36.2 Å². The van der Waals surface area contributed by atoms with E-state index in [2.05, 4.69) is 25.3 Å². The Morgan fingerprint density at radius 2 is 1.88 bits per heavy atom. The summed E-state index contributed by atoms with van der Waals surface area (Å²) in [5, 5.41) is 3.05. The molecule has 3 aromatic heterocycles. The molecule has 1 amide bonds. The van der Waals surface area contributed by atoms with E-state index in [1.807, 2.05) is 24.4 Å². The number of fused-ring (bicyclic) bond motifs is 1. The molecule has 0 unspecified atom stereocenters. The molecule has 1 N–H and O–H groups in total. The number of aryl methyl sites for hydroxylation is 1. The number of pyridine rings is 2. The van der Waals surface area contributed by atoms with Crippen LogP contribution in [0, 0.1) is 0 Å². The van der Waals surface area contributed by atoms with Gasteiger partial charge in [-0.15, -0.1) is 0 Å². The van der Waals surface area contributed by atoms with Crippen molar-refractivity contribution in [2.45, 2.75) is 25.3 Å². The molecule has 0 fully saturated rings. The summed E-state index contributed by atoms with van der Waals surface area (Å²) in [5.41, 5.74) is 3.13. The highest BCUT2D eigenvalue weighted by atomic mass is 16.1. The highest BCUT2D eigenvalue weighted by Gasteiger charge is 2.24. The molecule has 0 aliphatic heterocycles. The molecule has 0 radical (unpaired) electrons. The molecule has 3 aromatic rings. The first-order chi connectivity index (χ1) is 12.3. The fourth-order valence-electron chi connectivity index (χ4n) is 3.04. The number of aromatic nitrogens is 4. The predicted octanol–water partition coefficient (Wildman–Crippen LogP) is 2.74. The monoisotopic (exact) mass is 331 g/mol. The third kappa shape index (κ3) is 3.24. The van der Waals surface area contributed by atoms with Gasteiger partial charge in [-0.25, -0.2) is 9.97 Å². The van der Waals surface area contributed by atoms with Gasteiger partial charge in [0.2, 0.25) is 0 Å². The van der Waals surface area contributed by atoms with Crippen LogP contribution in [0.2, 0.25) is 0 Å². The van der Waals surface area contributed by atoms with Crippen LogP contribution in [0.4, 0.5) is 0 Å². The van der Waals surface area contributed by atoms with Crippen LogP contribution in [-0.2, 0) is 6.42 Å². The Morgan fingerprint density at radius 3 is 2.64 bits per heavy atom. The fourth-order valence-corrected chi connectivity index (χ4v) is 3.04. The lowest BCUT2D eigenvalue weighted by molar-refractivity contribution is 0.0927. The van der Waals surface area contributed by atoms with E-state index in [9.17, 15) is 4.79 Å². The molecule has 1 aliphatic carbocycles. The Hall–Kier alpha value is -3.15. The molecule has 6 heteroatoms. The van der Waals surface area contributed by atoms with Crippen molar-refractivity contribution < 1.29 is 4.79 Å². The summed E-state index contributed by atoms with van der Waals surface area (Å²) in [6.07, 6.45) is 7.89. The number of nitrogens with zero attached hydrogens (tertiary/aromatic N) is 4. The third-order valence-electron chi connectivity index (χ3n) is 4.28. The third-order valence-corrected chi connectivity index (χ3v) is 4.28. The Kier molecular flexibility index (Phi) is 4.16. The lowest BCUT2D eigenvalue weighted by Crippen LogP contribution is -2.32. The van der Waals surface area contributed by atoms with Gasteiger partial charge in [0, 0.05) is 29.8 Å². The van der Waals surface area contributed by atoms with Crippen LogP contribution in [0.15, 0.2) is 55.0 Å². The minimum atomic E-state index is -0.174. The van der Waals surface area contributed by atoms with Gasteiger partial charge >= 0.3 is 0 Å². The van der Waals surface area contributed by atoms with Crippen molar-refractivity contribution in [3.8, 4) is 11.5 Å². The molecular formula is C19H17N5O. The van der Waals surface area contributed by atoms with Crippen molar-refractivity contribution in [3.63, 3.8) is 0 Å².